The number of rotatable bonds is 7. The normalized spacial score (nSPS) is 14.5. The van der Waals surface area contributed by atoms with Gasteiger partial charge in [0.2, 0.25) is 0 Å². The van der Waals surface area contributed by atoms with E-state index in [2.05, 4.69) is 27.2 Å². The van der Waals surface area contributed by atoms with E-state index in [0.717, 1.165) is 48.9 Å². The molecule has 1 amide bonds. The van der Waals surface area contributed by atoms with Crippen molar-refractivity contribution in [3.05, 3.63) is 83.3 Å². The number of hydrogen-bond donors (Lipinski definition) is 1. The Morgan fingerprint density at radius 1 is 1.03 bits per heavy atom. The van der Waals surface area contributed by atoms with Crippen LogP contribution in [0, 0.1) is 6.92 Å². The molecule has 162 valence electrons. The van der Waals surface area contributed by atoms with Crippen LogP contribution < -0.4 is 15.0 Å². The van der Waals surface area contributed by atoms with E-state index in [9.17, 15) is 4.79 Å². The molecule has 1 aliphatic heterocycles. The number of para-hydroxylation sites is 2. The number of furan rings is 1. The molecule has 4 rings (SSSR count). The van der Waals surface area contributed by atoms with Crippen molar-refractivity contribution in [2.24, 2.45) is 0 Å². The van der Waals surface area contributed by atoms with Gasteiger partial charge in [0.25, 0.3) is 5.91 Å². The zero-order valence-electron chi connectivity index (χ0n) is 18.1. The number of anilines is 1. The number of hydrogen-bond acceptors (Lipinski definition) is 5. The molecule has 0 spiro atoms. The molecule has 3 aromatic rings. The van der Waals surface area contributed by atoms with Gasteiger partial charge in [-0.3, -0.25) is 9.69 Å². The fraction of sp³-hybridized carbons (Fsp3) is 0.320. The number of amides is 1. The molecule has 31 heavy (non-hydrogen) atoms. The zero-order chi connectivity index (χ0) is 21.6. The molecule has 6 nitrogen and oxygen atoms in total. The van der Waals surface area contributed by atoms with Gasteiger partial charge in [0, 0.05) is 32.7 Å². The van der Waals surface area contributed by atoms with E-state index in [1.807, 2.05) is 49.4 Å². The maximum Gasteiger partial charge on any atom is 0.287 e. The SMILES string of the molecule is COc1ccccc1N1CCN(Cc2ccc(C(=O)NCc3cccc(C)c3)o2)CC1. The first-order valence-corrected chi connectivity index (χ1v) is 10.6. The number of carbonyl (C=O) groups is 1. The standard InChI is InChI=1S/C25H29N3O3/c1-19-6-5-7-20(16-19)17-26-25(29)24-11-10-21(31-24)18-27-12-14-28(15-13-27)22-8-3-4-9-23(22)30-2/h3-11,16H,12-15,17-18H2,1-2H3,(H,26,29). The third-order valence-corrected chi connectivity index (χ3v) is 5.60. The Morgan fingerprint density at radius 3 is 2.61 bits per heavy atom. The smallest absolute Gasteiger partial charge is 0.287 e. The van der Waals surface area contributed by atoms with Gasteiger partial charge in [-0.2, -0.15) is 0 Å². The summed E-state index contributed by atoms with van der Waals surface area (Å²) in [6.45, 7) is 6.92. The summed E-state index contributed by atoms with van der Waals surface area (Å²) >= 11 is 0. The summed E-state index contributed by atoms with van der Waals surface area (Å²) in [7, 11) is 1.71. The molecular formula is C25H29N3O3. The Labute approximate surface area is 183 Å². The van der Waals surface area contributed by atoms with Crippen LogP contribution in [0.25, 0.3) is 0 Å². The largest absolute Gasteiger partial charge is 0.495 e. The van der Waals surface area contributed by atoms with Gasteiger partial charge >= 0.3 is 0 Å². The van der Waals surface area contributed by atoms with Crippen LogP contribution in [0.3, 0.4) is 0 Å². The van der Waals surface area contributed by atoms with E-state index in [4.69, 9.17) is 9.15 Å². The molecule has 1 saturated heterocycles. The lowest BCUT2D eigenvalue weighted by Crippen LogP contribution is -2.46. The Hall–Kier alpha value is -3.25. The van der Waals surface area contributed by atoms with Crippen LogP contribution >= 0.6 is 0 Å². The summed E-state index contributed by atoms with van der Waals surface area (Å²) in [6, 6.07) is 19.9. The van der Waals surface area contributed by atoms with E-state index >= 15 is 0 Å². The first kappa shape index (κ1) is 21.0. The number of ether oxygens (including phenoxy) is 1. The van der Waals surface area contributed by atoms with Crippen LogP contribution in [0.4, 0.5) is 5.69 Å². The molecule has 0 saturated carbocycles. The van der Waals surface area contributed by atoms with Gasteiger partial charge in [-0.15, -0.1) is 0 Å². The average Bonchev–Trinajstić information content (AvgIpc) is 3.26. The van der Waals surface area contributed by atoms with Crippen molar-refractivity contribution < 1.29 is 13.9 Å². The number of carbonyl (C=O) groups excluding carboxylic acids is 1. The molecule has 0 bridgehead atoms. The highest BCUT2D eigenvalue weighted by Gasteiger charge is 2.21. The fourth-order valence-corrected chi connectivity index (χ4v) is 3.93. The van der Waals surface area contributed by atoms with E-state index in [0.29, 0.717) is 18.8 Å². The van der Waals surface area contributed by atoms with Crippen LogP contribution in [0.5, 0.6) is 5.75 Å². The van der Waals surface area contributed by atoms with Crippen molar-refractivity contribution in [3.8, 4) is 5.75 Å². The minimum absolute atomic E-state index is 0.186. The monoisotopic (exact) mass is 419 g/mol. The molecule has 1 N–H and O–H groups in total. The minimum Gasteiger partial charge on any atom is -0.495 e. The maximum absolute atomic E-state index is 12.4. The first-order chi connectivity index (χ1) is 15.1. The highest BCUT2D eigenvalue weighted by Crippen LogP contribution is 2.28. The van der Waals surface area contributed by atoms with Gasteiger partial charge in [-0.05, 0) is 36.8 Å². The second-order valence-corrected chi connectivity index (χ2v) is 7.87. The van der Waals surface area contributed by atoms with Crippen molar-refractivity contribution in [1.82, 2.24) is 10.2 Å². The highest BCUT2D eigenvalue weighted by atomic mass is 16.5. The van der Waals surface area contributed by atoms with Crippen LogP contribution in [-0.4, -0.2) is 44.1 Å². The lowest BCUT2D eigenvalue weighted by Gasteiger charge is -2.36. The van der Waals surface area contributed by atoms with Crippen LogP contribution in [0.1, 0.15) is 27.4 Å². The lowest BCUT2D eigenvalue weighted by atomic mass is 10.1. The molecule has 0 radical (unpaired) electrons. The second kappa shape index (κ2) is 9.71. The Bertz CT molecular complexity index is 1020. The molecule has 1 fully saturated rings. The number of aryl methyl sites for hydroxylation is 1. The maximum atomic E-state index is 12.4. The zero-order valence-corrected chi connectivity index (χ0v) is 18.1. The van der Waals surface area contributed by atoms with Crippen LogP contribution in [0.2, 0.25) is 0 Å². The lowest BCUT2D eigenvalue weighted by molar-refractivity contribution is 0.0919. The summed E-state index contributed by atoms with van der Waals surface area (Å²) in [6.07, 6.45) is 0. The van der Waals surface area contributed by atoms with Gasteiger partial charge in [0.15, 0.2) is 5.76 Å². The third-order valence-electron chi connectivity index (χ3n) is 5.60. The molecule has 0 aliphatic carbocycles. The summed E-state index contributed by atoms with van der Waals surface area (Å²) in [4.78, 5) is 17.1. The summed E-state index contributed by atoms with van der Waals surface area (Å²) in [5, 5.41) is 2.93. The van der Waals surface area contributed by atoms with Crippen molar-refractivity contribution in [3.63, 3.8) is 0 Å². The molecule has 0 atom stereocenters. The molecular weight excluding hydrogens is 390 g/mol. The topological polar surface area (TPSA) is 58.0 Å². The Balaban J connectivity index is 1.28. The van der Waals surface area contributed by atoms with Crippen LogP contribution in [-0.2, 0) is 13.1 Å². The van der Waals surface area contributed by atoms with Gasteiger partial charge in [0.1, 0.15) is 11.5 Å². The van der Waals surface area contributed by atoms with Crippen molar-refractivity contribution in [1.29, 1.82) is 0 Å². The van der Waals surface area contributed by atoms with Crippen molar-refractivity contribution >= 4 is 11.6 Å². The quantitative estimate of drug-likeness (QED) is 0.630. The molecule has 6 heteroatoms. The molecule has 0 unspecified atom stereocenters. The van der Waals surface area contributed by atoms with E-state index < -0.39 is 0 Å². The van der Waals surface area contributed by atoms with Crippen molar-refractivity contribution in [2.75, 3.05) is 38.2 Å². The number of piperazine rings is 1. The molecule has 2 aromatic carbocycles. The molecule has 1 aliphatic rings. The third kappa shape index (κ3) is 5.27. The predicted molar refractivity (Wildman–Crippen MR) is 122 cm³/mol. The molecule has 1 aromatic heterocycles. The summed E-state index contributed by atoms with van der Waals surface area (Å²) < 4.78 is 11.3. The van der Waals surface area contributed by atoms with E-state index in [1.54, 1.807) is 13.2 Å². The number of nitrogens with zero attached hydrogens (tertiary/aromatic N) is 2. The second-order valence-electron chi connectivity index (χ2n) is 7.87. The van der Waals surface area contributed by atoms with E-state index in [1.165, 1.54) is 5.56 Å². The van der Waals surface area contributed by atoms with Gasteiger partial charge < -0.3 is 19.4 Å². The average molecular weight is 420 g/mol. The van der Waals surface area contributed by atoms with Crippen LogP contribution in [0.15, 0.2) is 65.1 Å². The number of nitrogens with one attached hydrogen (secondary N) is 1. The van der Waals surface area contributed by atoms with Gasteiger partial charge in [-0.1, -0.05) is 42.0 Å². The first-order valence-electron chi connectivity index (χ1n) is 10.6. The highest BCUT2D eigenvalue weighted by molar-refractivity contribution is 5.91. The minimum atomic E-state index is -0.186. The fourth-order valence-electron chi connectivity index (χ4n) is 3.93. The van der Waals surface area contributed by atoms with E-state index in [-0.39, 0.29) is 5.91 Å². The molecule has 2 heterocycles. The summed E-state index contributed by atoms with van der Waals surface area (Å²) in [5.41, 5.74) is 3.39. The summed E-state index contributed by atoms with van der Waals surface area (Å²) in [5.74, 6) is 1.89. The number of methoxy groups -OCH3 is 1. The number of benzene rings is 2. The predicted octanol–water partition coefficient (Wildman–Crippen LogP) is 3.85. The van der Waals surface area contributed by atoms with Gasteiger partial charge in [0.05, 0.1) is 19.3 Å². The Morgan fingerprint density at radius 2 is 1.84 bits per heavy atom. The van der Waals surface area contributed by atoms with Gasteiger partial charge in [-0.25, -0.2) is 0 Å². The Kier molecular flexibility index (Phi) is 6.57. The van der Waals surface area contributed by atoms with Crippen molar-refractivity contribution in [2.45, 2.75) is 20.0 Å².